The first-order valence-corrected chi connectivity index (χ1v) is 6.53. The van der Waals surface area contributed by atoms with Gasteiger partial charge >= 0.3 is 7.82 Å². The van der Waals surface area contributed by atoms with Gasteiger partial charge < -0.3 is 10.3 Å². The average Bonchev–Trinajstić information content (AvgIpc) is 2.05. The molecule has 1 rings (SSSR count). The first kappa shape index (κ1) is 12.5. The molecule has 0 saturated heterocycles. The van der Waals surface area contributed by atoms with Crippen LogP contribution in [-0.2, 0) is 4.57 Å². The molecule has 1 atom stereocenters. The number of hydrogen-bond donors (Lipinski definition) is 3. The van der Waals surface area contributed by atoms with E-state index in [1.807, 2.05) is 0 Å². The molecule has 84 valence electrons. The van der Waals surface area contributed by atoms with Crippen LogP contribution < -0.4 is 10.3 Å². The van der Waals surface area contributed by atoms with Crippen LogP contribution in [0.15, 0.2) is 18.2 Å². The molecular weight excluding hydrogens is 285 g/mol. The molecule has 5 nitrogen and oxygen atoms in total. The molecule has 0 fully saturated rings. The van der Waals surface area contributed by atoms with Crippen LogP contribution in [-0.4, -0.2) is 9.79 Å². The number of hydrogen-bond acceptors (Lipinski definition) is 3. The van der Waals surface area contributed by atoms with Crippen LogP contribution in [0.1, 0.15) is 17.3 Å². The van der Waals surface area contributed by atoms with E-state index in [0.717, 1.165) is 0 Å². The Morgan fingerprint density at radius 2 is 2.13 bits per heavy atom. The maximum absolute atomic E-state index is 10.7. The zero-order valence-electron chi connectivity index (χ0n) is 7.92. The quantitative estimate of drug-likeness (QED) is 0.452. The van der Waals surface area contributed by atoms with Gasteiger partial charge in [-0.3, -0.25) is 9.79 Å². The van der Waals surface area contributed by atoms with Gasteiger partial charge in [0, 0.05) is 16.1 Å². The van der Waals surface area contributed by atoms with E-state index in [4.69, 9.17) is 15.5 Å². The van der Waals surface area contributed by atoms with E-state index in [2.05, 4.69) is 20.5 Å². The minimum Gasteiger partial charge on any atom is -0.404 e. The number of halogens is 1. The molecule has 0 radical (unpaired) electrons. The Morgan fingerprint density at radius 3 is 2.60 bits per heavy atom. The second-order valence-electron chi connectivity index (χ2n) is 3.00. The Balaban J connectivity index is 3.12. The van der Waals surface area contributed by atoms with Crippen molar-refractivity contribution in [2.45, 2.75) is 11.8 Å². The van der Waals surface area contributed by atoms with Crippen molar-refractivity contribution in [2.24, 2.45) is 0 Å². The summed E-state index contributed by atoms with van der Waals surface area (Å²) in [5, 5.41) is 0. The fraction of sp³-hybridized carbons (Fsp3) is 0.250. The summed E-state index contributed by atoms with van der Waals surface area (Å²) in [5.41, 5.74) is 6.66. The summed E-state index contributed by atoms with van der Waals surface area (Å²) in [6.45, 7) is 1.81. The van der Waals surface area contributed by atoms with E-state index in [1.165, 1.54) is 12.1 Å². The van der Waals surface area contributed by atoms with Gasteiger partial charge in [-0.15, -0.1) is 0 Å². The highest BCUT2D eigenvalue weighted by Crippen LogP contribution is 2.42. The van der Waals surface area contributed by atoms with Gasteiger partial charge in [0.05, 0.1) is 0 Å². The van der Waals surface area contributed by atoms with Crippen molar-refractivity contribution in [2.75, 3.05) is 5.73 Å². The van der Waals surface area contributed by atoms with E-state index in [-0.39, 0.29) is 10.6 Å². The molecule has 0 aliphatic heterocycles. The summed E-state index contributed by atoms with van der Waals surface area (Å²) in [6.07, 6.45) is 0. The molecule has 0 aliphatic carbocycles. The van der Waals surface area contributed by atoms with E-state index >= 15 is 0 Å². The summed E-state index contributed by atoms with van der Waals surface area (Å²) in [7, 11) is -4.53. The van der Waals surface area contributed by atoms with Gasteiger partial charge in [0.2, 0.25) is 0 Å². The topological polar surface area (TPSA) is 92.8 Å². The van der Waals surface area contributed by atoms with Gasteiger partial charge in [-0.1, -0.05) is 15.9 Å². The number of phosphoric ester groups is 1. The lowest BCUT2D eigenvalue weighted by Gasteiger charge is -2.13. The van der Waals surface area contributed by atoms with Crippen molar-refractivity contribution in [3.63, 3.8) is 0 Å². The van der Waals surface area contributed by atoms with Crippen LogP contribution in [0.3, 0.4) is 0 Å². The van der Waals surface area contributed by atoms with Crippen LogP contribution in [0.2, 0.25) is 0 Å². The monoisotopic (exact) mass is 295 g/mol. The SMILES string of the molecule is CC(Br)c1cc(N)ccc1OP(=O)(O)O. The predicted molar refractivity (Wildman–Crippen MR) is 60.9 cm³/mol. The predicted octanol–water partition coefficient (Wildman–Crippen LogP) is 2.20. The zero-order chi connectivity index (χ0) is 11.6. The lowest BCUT2D eigenvalue weighted by atomic mass is 10.1. The molecule has 0 aromatic heterocycles. The summed E-state index contributed by atoms with van der Waals surface area (Å²) in [4.78, 5) is 17.3. The lowest BCUT2D eigenvalue weighted by Crippen LogP contribution is -1.97. The maximum atomic E-state index is 10.7. The number of phosphoric acid groups is 1. The fourth-order valence-corrected chi connectivity index (χ4v) is 1.87. The van der Waals surface area contributed by atoms with Crippen molar-refractivity contribution in [3.05, 3.63) is 23.8 Å². The van der Waals surface area contributed by atoms with Crippen molar-refractivity contribution in [1.29, 1.82) is 0 Å². The van der Waals surface area contributed by atoms with Gasteiger partial charge in [-0.2, -0.15) is 0 Å². The van der Waals surface area contributed by atoms with Gasteiger partial charge in [0.15, 0.2) is 0 Å². The number of benzene rings is 1. The molecule has 15 heavy (non-hydrogen) atoms. The molecule has 0 saturated carbocycles. The van der Waals surface area contributed by atoms with Crippen LogP contribution >= 0.6 is 23.8 Å². The smallest absolute Gasteiger partial charge is 0.404 e. The molecule has 4 N–H and O–H groups in total. The van der Waals surface area contributed by atoms with Gasteiger partial charge in [-0.25, -0.2) is 4.57 Å². The van der Waals surface area contributed by atoms with E-state index in [0.29, 0.717) is 11.3 Å². The highest BCUT2D eigenvalue weighted by Gasteiger charge is 2.19. The average molecular weight is 296 g/mol. The minimum absolute atomic E-state index is 0.109. The van der Waals surface area contributed by atoms with Crippen molar-refractivity contribution < 1.29 is 18.9 Å². The maximum Gasteiger partial charge on any atom is 0.524 e. The molecule has 0 amide bonds. The molecule has 0 heterocycles. The van der Waals surface area contributed by atoms with E-state index < -0.39 is 7.82 Å². The number of nitrogen functional groups attached to an aromatic ring is 1. The third-order valence-electron chi connectivity index (χ3n) is 1.68. The van der Waals surface area contributed by atoms with E-state index in [1.54, 1.807) is 13.0 Å². The molecule has 1 aromatic rings. The summed E-state index contributed by atoms with van der Waals surface area (Å²) in [5.74, 6) is 0.127. The molecule has 1 aromatic carbocycles. The fourth-order valence-electron chi connectivity index (χ4n) is 1.09. The third kappa shape index (κ3) is 3.83. The van der Waals surface area contributed by atoms with Crippen LogP contribution in [0.4, 0.5) is 5.69 Å². The van der Waals surface area contributed by atoms with Crippen LogP contribution in [0, 0.1) is 0 Å². The van der Waals surface area contributed by atoms with Crippen LogP contribution in [0.5, 0.6) is 5.75 Å². The molecule has 0 spiro atoms. The summed E-state index contributed by atoms with van der Waals surface area (Å²) < 4.78 is 15.2. The standard InChI is InChI=1S/C8H11BrNO4P/c1-5(9)7-4-6(10)2-3-8(7)14-15(11,12)13/h2-5H,10H2,1H3,(H2,11,12,13). The lowest BCUT2D eigenvalue weighted by molar-refractivity contribution is 0.282. The second-order valence-corrected chi connectivity index (χ2v) is 5.53. The van der Waals surface area contributed by atoms with Gasteiger partial charge in [-0.05, 0) is 25.1 Å². The Kier molecular flexibility index (Phi) is 3.78. The largest absolute Gasteiger partial charge is 0.524 e. The van der Waals surface area contributed by atoms with E-state index in [9.17, 15) is 4.57 Å². The first-order chi connectivity index (χ1) is 6.79. The minimum atomic E-state index is -4.53. The Bertz CT molecular complexity index is 404. The van der Waals surface area contributed by atoms with Gasteiger partial charge in [0.25, 0.3) is 0 Å². The molecular formula is C8H11BrNO4P. The van der Waals surface area contributed by atoms with Crippen molar-refractivity contribution >= 4 is 29.4 Å². The number of anilines is 1. The number of rotatable bonds is 3. The summed E-state index contributed by atoms with van der Waals surface area (Å²) in [6, 6.07) is 4.55. The van der Waals surface area contributed by atoms with Crippen LogP contribution in [0.25, 0.3) is 0 Å². The second kappa shape index (κ2) is 4.53. The Morgan fingerprint density at radius 1 is 1.53 bits per heavy atom. The number of alkyl halides is 1. The Labute approximate surface area is 95.6 Å². The number of nitrogens with two attached hydrogens (primary N) is 1. The normalized spacial score (nSPS) is 13.6. The Hall–Kier alpha value is -0.550. The van der Waals surface area contributed by atoms with Crippen molar-refractivity contribution in [3.8, 4) is 5.75 Å². The molecule has 7 heteroatoms. The third-order valence-corrected chi connectivity index (χ3v) is 2.61. The highest BCUT2D eigenvalue weighted by atomic mass is 79.9. The molecule has 0 aliphatic rings. The molecule has 0 bridgehead atoms. The highest BCUT2D eigenvalue weighted by molar-refractivity contribution is 9.09. The zero-order valence-corrected chi connectivity index (χ0v) is 10.4. The van der Waals surface area contributed by atoms with Gasteiger partial charge in [0.1, 0.15) is 5.75 Å². The summed E-state index contributed by atoms with van der Waals surface area (Å²) >= 11 is 3.29. The first-order valence-electron chi connectivity index (χ1n) is 4.08. The van der Waals surface area contributed by atoms with Crippen molar-refractivity contribution in [1.82, 2.24) is 0 Å². The molecule has 1 unspecified atom stereocenters.